The quantitative estimate of drug-likeness (QED) is 0.215. The first-order chi connectivity index (χ1) is 21.0. The molecule has 8 aromatic rings. The molecule has 0 aliphatic rings. The minimum atomic E-state index is -0.0409. The molecule has 0 radical (unpaired) electrons. The second-order valence-corrected chi connectivity index (χ2v) is 12.2. The van der Waals surface area contributed by atoms with Crippen LogP contribution in [0.15, 0.2) is 144 Å². The number of rotatable bonds is 4. The average Bonchev–Trinajstić information content (AvgIpc) is 3.57. The van der Waals surface area contributed by atoms with Crippen molar-refractivity contribution in [2.75, 3.05) is 4.90 Å². The maximum atomic E-state index is 6.17. The van der Waals surface area contributed by atoms with E-state index in [0.29, 0.717) is 0 Å². The molecule has 0 atom stereocenters. The number of para-hydroxylation sites is 4. The molecule has 0 N–H and O–H groups in total. The van der Waals surface area contributed by atoms with Crippen molar-refractivity contribution in [2.24, 2.45) is 0 Å². The first kappa shape index (κ1) is 25.4. The highest BCUT2D eigenvalue weighted by Gasteiger charge is 2.22. The minimum Gasteiger partial charge on any atom is -0.456 e. The summed E-state index contributed by atoms with van der Waals surface area (Å²) >= 11 is 0. The Hall–Kier alpha value is -5.28. The van der Waals surface area contributed by atoms with Crippen molar-refractivity contribution >= 4 is 60.8 Å². The van der Waals surface area contributed by atoms with Gasteiger partial charge in [-0.2, -0.15) is 0 Å². The molecule has 0 amide bonds. The van der Waals surface area contributed by atoms with Crippen molar-refractivity contribution in [1.29, 1.82) is 0 Å². The summed E-state index contributed by atoms with van der Waals surface area (Å²) in [5.41, 5.74) is 9.97. The van der Waals surface area contributed by atoms with Crippen molar-refractivity contribution in [2.45, 2.75) is 26.3 Å². The van der Waals surface area contributed by atoms with E-state index in [0.717, 1.165) is 39.0 Å². The Bertz CT molecular complexity index is 2280. The third kappa shape index (κ3) is 4.11. The van der Waals surface area contributed by atoms with E-state index in [1.54, 1.807) is 0 Å². The predicted molar refractivity (Wildman–Crippen MR) is 182 cm³/mol. The molecule has 0 unspecified atom stereocenters. The lowest BCUT2D eigenvalue weighted by Crippen LogP contribution is -2.21. The van der Waals surface area contributed by atoms with Crippen molar-refractivity contribution in [3.8, 4) is 11.1 Å². The summed E-state index contributed by atoms with van der Waals surface area (Å²) in [7, 11) is 0. The summed E-state index contributed by atoms with van der Waals surface area (Å²) in [6.07, 6.45) is 0. The van der Waals surface area contributed by atoms with Crippen LogP contribution in [0.2, 0.25) is 0 Å². The van der Waals surface area contributed by atoms with Crippen molar-refractivity contribution in [3.05, 3.63) is 140 Å². The zero-order valence-corrected chi connectivity index (χ0v) is 24.6. The molecule has 0 aliphatic carbocycles. The zero-order chi connectivity index (χ0) is 29.1. The number of anilines is 3. The molecule has 0 saturated carbocycles. The van der Waals surface area contributed by atoms with Crippen LogP contribution in [0.4, 0.5) is 17.1 Å². The van der Waals surface area contributed by atoms with Gasteiger partial charge in [-0.3, -0.25) is 0 Å². The van der Waals surface area contributed by atoms with Gasteiger partial charge in [0.2, 0.25) is 0 Å². The van der Waals surface area contributed by atoms with Crippen LogP contribution in [-0.4, -0.2) is 4.57 Å². The summed E-state index contributed by atoms with van der Waals surface area (Å²) in [5.74, 6) is 0. The molecule has 0 spiro atoms. The van der Waals surface area contributed by atoms with Gasteiger partial charge in [0.1, 0.15) is 11.2 Å². The van der Waals surface area contributed by atoms with E-state index in [1.165, 1.54) is 32.9 Å². The summed E-state index contributed by atoms with van der Waals surface area (Å²) < 4.78 is 8.64. The third-order valence-corrected chi connectivity index (χ3v) is 8.43. The van der Waals surface area contributed by atoms with E-state index in [-0.39, 0.29) is 5.54 Å². The molecule has 0 fully saturated rings. The normalized spacial score (nSPS) is 12.1. The molecule has 3 heteroatoms. The highest BCUT2D eigenvalue weighted by atomic mass is 16.3. The smallest absolute Gasteiger partial charge is 0.135 e. The number of hydrogen-bond acceptors (Lipinski definition) is 2. The van der Waals surface area contributed by atoms with Gasteiger partial charge in [0, 0.05) is 55.1 Å². The maximum Gasteiger partial charge on any atom is 0.135 e. The van der Waals surface area contributed by atoms with Crippen LogP contribution in [0.25, 0.3) is 54.9 Å². The van der Waals surface area contributed by atoms with Gasteiger partial charge in [0.15, 0.2) is 0 Å². The van der Waals surface area contributed by atoms with E-state index < -0.39 is 0 Å². The molecular weight excluding hydrogens is 524 g/mol. The van der Waals surface area contributed by atoms with E-state index in [2.05, 4.69) is 158 Å². The highest BCUT2D eigenvalue weighted by Crippen LogP contribution is 2.44. The summed E-state index contributed by atoms with van der Waals surface area (Å²) in [6.45, 7) is 6.83. The van der Waals surface area contributed by atoms with E-state index in [9.17, 15) is 0 Å². The topological polar surface area (TPSA) is 21.3 Å². The monoisotopic (exact) mass is 556 g/mol. The average molecular weight is 557 g/mol. The van der Waals surface area contributed by atoms with Crippen LogP contribution < -0.4 is 4.90 Å². The largest absolute Gasteiger partial charge is 0.456 e. The Balaban J connectivity index is 1.36. The Morgan fingerprint density at radius 3 is 2.02 bits per heavy atom. The Morgan fingerprint density at radius 1 is 0.512 bits per heavy atom. The van der Waals surface area contributed by atoms with Crippen LogP contribution >= 0.6 is 0 Å². The van der Waals surface area contributed by atoms with Crippen molar-refractivity contribution < 1.29 is 4.42 Å². The van der Waals surface area contributed by atoms with Gasteiger partial charge in [-0.15, -0.1) is 0 Å². The van der Waals surface area contributed by atoms with Gasteiger partial charge in [-0.05, 0) is 87.0 Å². The van der Waals surface area contributed by atoms with Gasteiger partial charge in [0.25, 0.3) is 0 Å². The molecule has 3 nitrogen and oxygen atoms in total. The molecule has 0 aliphatic heterocycles. The molecule has 2 aromatic heterocycles. The van der Waals surface area contributed by atoms with E-state index >= 15 is 0 Å². The van der Waals surface area contributed by atoms with Crippen LogP contribution in [0.5, 0.6) is 0 Å². The van der Waals surface area contributed by atoms with Gasteiger partial charge >= 0.3 is 0 Å². The summed E-state index contributed by atoms with van der Waals surface area (Å²) in [6, 6.07) is 49.8. The SMILES string of the molecule is CC(C)(C)n1c2ccccc2c2cc(-c3ccccc3N(c3ccccc3)c3ccc4oc5ccccc5c4c3)ccc21. The molecule has 208 valence electrons. The fraction of sp³-hybridized carbons (Fsp3) is 0.100. The van der Waals surface area contributed by atoms with Crippen molar-refractivity contribution in [1.82, 2.24) is 4.57 Å². The fourth-order valence-corrected chi connectivity index (χ4v) is 6.63. The lowest BCUT2D eigenvalue weighted by Gasteiger charge is -2.28. The standard InChI is InChI=1S/C40H32N2O/c1-40(2,3)42-36-19-11-8-16-31(36)33-25-27(21-23-37(33)42)30-15-7-10-18-35(30)41(28-13-5-4-6-14-28)29-22-24-39-34(26-29)32-17-9-12-20-38(32)43-39/h4-26H,1-3H3. The van der Waals surface area contributed by atoms with Gasteiger partial charge in [0.05, 0.1) is 5.69 Å². The second kappa shape index (κ2) is 9.64. The molecule has 43 heavy (non-hydrogen) atoms. The first-order valence-electron chi connectivity index (χ1n) is 14.9. The number of benzene rings is 6. The minimum absolute atomic E-state index is 0.0409. The van der Waals surface area contributed by atoms with Gasteiger partial charge < -0.3 is 13.9 Å². The molecule has 8 rings (SSSR count). The Morgan fingerprint density at radius 2 is 1.19 bits per heavy atom. The van der Waals surface area contributed by atoms with Crippen LogP contribution in [0.3, 0.4) is 0 Å². The van der Waals surface area contributed by atoms with Crippen molar-refractivity contribution in [3.63, 3.8) is 0 Å². The molecular formula is C40H32N2O. The second-order valence-electron chi connectivity index (χ2n) is 12.2. The molecule has 6 aromatic carbocycles. The lowest BCUT2D eigenvalue weighted by molar-refractivity contribution is 0.423. The van der Waals surface area contributed by atoms with Crippen LogP contribution in [0.1, 0.15) is 20.8 Å². The zero-order valence-electron chi connectivity index (χ0n) is 24.6. The van der Waals surface area contributed by atoms with Gasteiger partial charge in [-0.1, -0.05) is 78.9 Å². The number of furan rings is 1. The van der Waals surface area contributed by atoms with E-state index in [1.807, 2.05) is 12.1 Å². The number of hydrogen-bond donors (Lipinski definition) is 0. The van der Waals surface area contributed by atoms with Gasteiger partial charge in [-0.25, -0.2) is 0 Å². The maximum absolute atomic E-state index is 6.17. The predicted octanol–water partition coefficient (Wildman–Crippen LogP) is 11.6. The number of fused-ring (bicyclic) bond motifs is 6. The third-order valence-electron chi connectivity index (χ3n) is 8.43. The number of aromatic nitrogens is 1. The fourth-order valence-electron chi connectivity index (χ4n) is 6.63. The lowest BCUT2D eigenvalue weighted by atomic mass is 9.99. The van der Waals surface area contributed by atoms with E-state index in [4.69, 9.17) is 4.42 Å². The molecule has 0 saturated heterocycles. The Labute approximate surface area is 251 Å². The Kier molecular flexibility index (Phi) is 5.70. The summed E-state index contributed by atoms with van der Waals surface area (Å²) in [5, 5.41) is 4.79. The van der Waals surface area contributed by atoms with Crippen LogP contribution in [0, 0.1) is 0 Å². The molecule has 2 heterocycles. The molecule has 0 bridgehead atoms. The first-order valence-corrected chi connectivity index (χ1v) is 14.9. The summed E-state index contributed by atoms with van der Waals surface area (Å²) in [4.78, 5) is 2.36. The highest BCUT2D eigenvalue weighted by molar-refractivity contribution is 6.10. The van der Waals surface area contributed by atoms with Crippen LogP contribution in [-0.2, 0) is 5.54 Å². The number of nitrogens with zero attached hydrogens (tertiary/aromatic N) is 2.